The SMILES string of the molecule is CC(C)NC(N)=NCC(C)(C)c1ccc(Cl)cc1.I. The summed E-state index contributed by atoms with van der Waals surface area (Å²) in [6.07, 6.45) is 0. The van der Waals surface area contributed by atoms with E-state index in [9.17, 15) is 0 Å². The molecule has 0 unspecified atom stereocenters. The molecule has 0 aliphatic rings. The Balaban J connectivity index is 0.00000324. The van der Waals surface area contributed by atoms with E-state index in [1.54, 1.807) is 0 Å². The maximum atomic E-state index is 5.89. The molecule has 5 heteroatoms. The third-order valence-corrected chi connectivity index (χ3v) is 2.96. The molecule has 1 aromatic carbocycles. The van der Waals surface area contributed by atoms with Gasteiger partial charge >= 0.3 is 0 Å². The standard InChI is InChI=1S/C14H22ClN3.HI/c1-10(2)18-13(16)17-9-14(3,4)11-5-7-12(15)8-6-11;/h5-8,10H,9H2,1-4H3,(H3,16,17,18);1H. The van der Waals surface area contributed by atoms with Crippen molar-refractivity contribution in [1.29, 1.82) is 0 Å². The summed E-state index contributed by atoms with van der Waals surface area (Å²) in [6.45, 7) is 8.99. The van der Waals surface area contributed by atoms with Crippen molar-refractivity contribution >= 4 is 41.5 Å². The summed E-state index contributed by atoms with van der Waals surface area (Å²) in [5, 5.41) is 3.83. The van der Waals surface area contributed by atoms with Crippen LogP contribution >= 0.6 is 35.6 Å². The van der Waals surface area contributed by atoms with Crippen molar-refractivity contribution < 1.29 is 0 Å². The van der Waals surface area contributed by atoms with E-state index in [0.717, 1.165) is 5.02 Å². The van der Waals surface area contributed by atoms with E-state index in [4.69, 9.17) is 17.3 Å². The minimum Gasteiger partial charge on any atom is -0.370 e. The van der Waals surface area contributed by atoms with Crippen LogP contribution in [0.1, 0.15) is 33.3 Å². The average Bonchev–Trinajstić information content (AvgIpc) is 2.26. The monoisotopic (exact) mass is 395 g/mol. The Bertz CT molecular complexity index is 413. The predicted octanol–water partition coefficient (Wildman–Crippen LogP) is 3.55. The van der Waals surface area contributed by atoms with Gasteiger partial charge in [0, 0.05) is 16.5 Å². The maximum Gasteiger partial charge on any atom is 0.188 e. The van der Waals surface area contributed by atoms with Gasteiger partial charge in [-0.05, 0) is 31.5 Å². The molecule has 0 bridgehead atoms. The van der Waals surface area contributed by atoms with Crippen LogP contribution in [0.5, 0.6) is 0 Å². The number of nitrogens with one attached hydrogen (secondary N) is 1. The Morgan fingerprint density at radius 2 is 1.84 bits per heavy atom. The van der Waals surface area contributed by atoms with Crippen LogP contribution < -0.4 is 11.1 Å². The highest BCUT2D eigenvalue weighted by molar-refractivity contribution is 14.0. The van der Waals surface area contributed by atoms with Crippen LogP contribution in [0.4, 0.5) is 0 Å². The van der Waals surface area contributed by atoms with Gasteiger partial charge in [-0.2, -0.15) is 0 Å². The fourth-order valence-electron chi connectivity index (χ4n) is 1.62. The van der Waals surface area contributed by atoms with Gasteiger partial charge in [-0.15, -0.1) is 24.0 Å². The number of benzene rings is 1. The lowest BCUT2D eigenvalue weighted by Gasteiger charge is -2.23. The molecule has 3 nitrogen and oxygen atoms in total. The summed E-state index contributed by atoms with van der Waals surface area (Å²) in [4.78, 5) is 4.39. The van der Waals surface area contributed by atoms with Gasteiger partial charge in [-0.25, -0.2) is 0 Å². The summed E-state index contributed by atoms with van der Waals surface area (Å²) in [7, 11) is 0. The molecule has 0 aliphatic heterocycles. The van der Waals surface area contributed by atoms with E-state index < -0.39 is 0 Å². The van der Waals surface area contributed by atoms with Gasteiger partial charge in [-0.3, -0.25) is 4.99 Å². The summed E-state index contributed by atoms with van der Waals surface area (Å²) in [5.74, 6) is 0.493. The molecule has 108 valence electrons. The zero-order valence-electron chi connectivity index (χ0n) is 11.9. The summed E-state index contributed by atoms with van der Waals surface area (Å²) >= 11 is 5.89. The van der Waals surface area contributed by atoms with Gasteiger partial charge in [-0.1, -0.05) is 37.6 Å². The van der Waals surface area contributed by atoms with Crippen molar-refractivity contribution in [3.05, 3.63) is 34.9 Å². The molecule has 0 heterocycles. The molecule has 0 fully saturated rings. The maximum absolute atomic E-state index is 5.89. The van der Waals surface area contributed by atoms with E-state index >= 15 is 0 Å². The zero-order chi connectivity index (χ0) is 13.8. The Morgan fingerprint density at radius 1 is 1.32 bits per heavy atom. The minimum absolute atomic E-state index is 0. The highest BCUT2D eigenvalue weighted by atomic mass is 127. The summed E-state index contributed by atoms with van der Waals surface area (Å²) in [5.41, 5.74) is 6.94. The number of nitrogens with zero attached hydrogens (tertiary/aromatic N) is 1. The first kappa shape index (κ1) is 18.5. The second-order valence-electron chi connectivity index (χ2n) is 5.39. The van der Waals surface area contributed by atoms with Gasteiger partial charge < -0.3 is 11.1 Å². The number of hydrogen-bond donors (Lipinski definition) is 2. The molecule has 1 aromatic rings. The van der Waals surface area contributed by atoms with Gasteiger partial charge in [0.25, 0.3) is 0 Å². The van der Waals surface area contributed by atoms with Crippen LogP contribution in [0.2, 0.25) is 5.02 Å². The fraction of sp³-hybridized carbons (Fsp3) is 0.500. The van der Waals surface area contributed by atoms with Crippen LogP contribution in [0.25, 0.3) is 0 Å². The highest BCUT2D eigenvalue weighted by Gasteiger charge is 2.20. The van der Waals surface area contributed by atoms with Gasteiger partial charge in [0.15, 0.2) is 5.96 Å². The molecule has 0 radical (unpaired) electrons. The Morgan fingerprint density at radius 3 is 2.32 bits per heavy atom. The van der Waals surface area contributed by atoms with Crippen LogP contribution in [0.15, 0.2) is 29.3 Å². The fourth-order valence-corrected chi connectivity index (χ4v) is 1.74. The third kappa shape index (κ3) is 6.47. The number of rotatable bonds is 4. The van der Waals surface area contributed by atoms with Crippen molar-refractivity contribution in [2.24, 2.45) is 10.7 Å². The Hall–Kier alpha value is -0.490. The Kier molecular flexibility index (Phi) is 7.74. The van der Waals surface area contributed by atoms with Crippen molar-refractivity contribution in [2.45, 2.75) is 39.2 Å². The van der Waals surface area contributed by atoms with E-state index in [0.29, 0.717) is 18.5 Å². The lowest BCUT2D eigenvalue weighted by atomic mass is 9.85. The van der Waals surface area contributed by atoms with Crippen molar-refractivity contribution in [3.63, 3.8) is 0 Å². The molecular weight excluding hydrogens is 373 g/mol. The number of nitrogens with two attached hydrogens (primary N) is 1. The topological polar surface area (TPSA) is 50.4 Å². The molecule has 0 atom stereocenters. The third-order valence-electron chi connectivity index (χ3n) is 2.71. The molecule has 0 saturated heterocycles. The lowest BCUT2D eigenvalue weighted by molar-refractivity contribution is 0.537. The van der Waals surface area contributed by atoms with E-state index in [2.05, 4.69) is 24.2 Å². The number of hydrogen-bond acceptors (Lipinski definition) is 1. The normalized spacial score (nSPS) is 12.2. The second kappa shape index (κ2) is 7.94. The van der Waals surface area contributed by atoms with Crippen molar-refractivity contribution in [2.75, 3.05) is 6.54 Å². The molecule has 19 heavy (non-hydrogen) atoms. The molecular formula is C14H23ClIN3. The van der Waals surface area contributed by atoms with Crippen LogP contribution in [0, 0.1) is 0 Å². The smallest absolute Gasteiger partial charge is 0.188 e. The molecule has 1 rings (SSSR count). The summed E-state index contributed by atoms with van der Waals surface area (Å²) < 4.78 is 0. The Labute approximate surface area is 138 Å². The molecule has 0 aromatic heterocycles. The lowest BCUT2D eigenvalue weighted by Crippen LogP contribution is -2.38. The van der Waals surface area contributed by atoms with E-state index in [1.165, 1.54) is 5.56 Å². The van der Waals surface area contributed by atoms with Gasteiger partial charge in [0.05, 0.1) is 6.54 Å². The van der Waals surface area contributed by atoms with E-state index in [-0.39, 0.29) is 29.4 Å². The van der Waals surface area contributed by atoms with Crippen LogP contribution in [0.3, 0.4) is 0 Å². The van der Waals surface area contributed by atoms with Gasteiger partial charge in [0.2, 0.25) is 0 Å². The number of guanidine groups is 1. The zero-order valence-corrected chi connectivity index (χ0v) is 15.0. The molecule has 0 saturated carbocycles. The summed E-state index contributed by atoms with van der Waals surface area (Å²) in [6, 6.07) is 8.16. The largest absolute Gasteiger partial charge is 0.370 e. The molecule has 0 amide bonds. The molecule has 3 N–H and O–H groups in total. The minimum atomic E-state index is -0.0616. The number of aliphatic imine (C=N–C) groups is 1. The first-order valence-electron chi connectivity index (χ1n) is 6.14. The first-order valence-corrected chi connectivity index (χ1v) is 6.51. The van der Waals surface area contributed by atoms with Crippen molar-refractivity contribution in [3.8, 4) is 0 Å². The second-order valence-corrected chi connectivity index (χ2v) is 5.83. The highest BCUT2D eigenvalue weighted by Crippen LogP contribution is 2.24. The van der Waals surface area contributed by atoms with E-state index in [1.807, 2.05) is 38.1 Å². The average molecular weight is 396 g/mol. The van der Waals surface area contributed by atoms with Crippen molar-refractivity contribution in [1.82, 2.24) is 5.32 Å². The quantitative estimate of drug-likeness (QED) is 0.465. The van der Waals surface area contributed by atoms with Gasteiger partial charge in [0.1, 0.15) is 0 Å². The molecule has 0 aliphatic carbocycles. The van der Waals surface area contributed by atoms with Crippen LogP contribution in [-0.2, 0) is 5.41 Å². The number of halogens is 2. The van der Waals surface area contributed by atoms with Crippen LogP contribution in [-0.4, -0.2) is 18.5 Å². The molecule has 0 spiro atoms. The first-order chi connectivity index (χ1) is 8.31. The predicted molar refractivity (Wildman–Crippen MR) is 94.7 cm³/mol.